The second kappa shape index (κ2) is 9.47. The maximum atomic E-state index is 5.91. The third-order valence-electron chi connectivity index (χ3n) is 3.66. The van der Waals surface area contributed by atoms with Crippen molar-refractivity contribution in [2.24, 2.45) is 16.2 Å². The molecular formula is C22H35ClLiP. The Morgan fingerprint density at radius 2 is 1.12 bits per heavy atom. The molecule has 0 spiro atoms. The van der Waals surface area contributed by atoms with E-state index < -0.39 is 0 Å². The molecule has 3 heteroatoms. The summed E-state index contributed by atoms with van der Waals surface area (Å²) >= 11 is 5.91. The van der Waals surface area contributed by atoms with Crippen LogP contribution in [0, 0.1) is 16.2 Å². The molecule has 0 bridgehead atoms. The Balaban J connectivity index is 0.00000576. The molecule has 0 aliphatic heterocycles. The van der Waals surface area contributed by atoms with Gasteiger partial charge in [0.1, 0.15) is 0 Å². The Kier molecular flexibility index (Phi) is 9.57. The van der Waals surface area contributed by atoms with Gasteiger partial charge in [0.15, 0.2) is 0 Å². The van der Waals surface area contributed by atoms with E-state index in [-0.39, 0.29) is 29.7 Å². The summed E-state index contributed by atoms with van der Waals surface area (Å²) < 4.78 is 0. The molecule has 25 heavy (non-hydrogen) atoms. The van der Waals surface area contributed by atoms with E-state index in [0.717, 1.165) is 27.5 Å². The molecule has 0 aliphatic carbocycles. The normalized spacial score (nSPS) is 13.2. The molecule has 0 atom stereocenters. The van der Waals surface area contributed by atoms with Crippen molar-refractivity contribution in [1.82, 2.24) is 0 Å². The van der Waals surface area contributed by atoms with Crippen LogP contribution in [-0.4, -0.2) is 5.26 Å². The van der Waals surface area contributed by atoms with Crippen LogP contribution in [0.5, 0.6) is 0 Å². The van der Waals surface area contributed by atoms with Gasteiger partial charge in [0.2, 0.25) is 0 Å². The molecule has 0 aliphatic rings. The van der Waals surface area contributed by atoms with Crippen molar-refractivity contribution in [1.29, 1.82) is 0 Å². The molecule has 0 saturated carbocycles. The van der Waals surface area contributed by atoms with Crippen molar-refractivity contribution in [2.75, 3.05) is 0 Å². The van der Waals surface area contributed by atoms with Crippen LogP contribution in [0.15, 0.2) is 12.1 Å². The van der Waals surface area contributed by atoms with Crippen LogP contribution in [0.1, 0.15) is 79.0 Å². The van der Waals surface area contributed by atoms with Crippen LogP contribution in [0.3, 0.4) is 0 Å². The summed E-state index contributed by atoms with van der Waals surface area (Å²) in [6, 6.07) is 4.83. The second-order valence-electron chi connectivity index (χ2n) is 10.7. The number of halogens is 1. The first kappa shape index (κ1) is 25.3. The van der Waals surface area contributed by atoms with Gasteiger partial charge in [-0.1, -0.05) is 74.4 Å². The van der Waals surface area contributed by atoms with Gasteiger partial charge in [-0.3, -0.25) is 8.20 Å². The summed E-state index contributed by atoms with van der Waals surface area (Å²) in [5, 5.41) is 4.22. The van der Waals surface area contributed by atoms with E-state index in [2.05, 4.69) is 79.7 Å². The summed E-state index contributed by atoms with van der Waals surface area (Å²) in [4.78, 5) is 0. The van der Waals surface area contributed by atoms with Crippen molar-refractivity contribution in [3.63, 3.8) is 0 Å². The van der Waals surface area contributed by atoms with Gasteiger partial charge >= 0.3 is 18.9 Å². The van der Waals surface area contributed by atoms with Gasteiger partial charge in [0.05, 0.1) is 0 Å². The number of hydrogen-bond acceptors (Lipinski definition) is 0. The average molecular weight is 373 g/mol. The van der Waals surface area contributed by atoms with Gasteiger partial charge < -0.3 is 16.9 Å². The topological polar surface area (TPSA) is 0 Å². The van der Waals surface area contributed by atoms with E-state index in [1.807, 2.05) is 0 Å². The van der Waals surface area contributed by atoms with Crippen molar-refractivity contribution in [3.8, 4) is 0 Å². The third kappa shape index (κ3) is 10.3. The molecule has 1 aromatic rings. The summed E-state index contributed by atoms with van der Waals surface area (Å²) in [6.45, 7) is 20.8. The fraction of sp³-hybridized carbons (Fsp3) is 0.682. The average Bonchev–Trinajstić information content (AvgIpc) is 2.27. The zero-order chi connectivity index (χ0) is 18.8. The van der Waals surface area contributed by atoms with Crippen LogP contribution in [0.25, 0.3) is 0 Å². The molecular weight excluding hydrogens is 338 g/mol. The van der Waals surface area contributed by atoms with Crippen molar-refractivity contribution in [2.45, 2.75) is 81.6 Å². The standard InChI is InChI=1S/C22H35ClP.Li/c1-20(2,3)12-16-10-17(13-21(4,5)6)19(24-15-23)18(11-16)14-22(7,8)9;/h10-11H,12-14H2,1-9H3;/q-1;+1. The first-order valence-corrected chi connectivity index (χ1v) is 10.2. The molecule has 0 N–H and O–H groups in total. The predicted molar refractivity (Wildman–Crippen MR) is 113 cm³/mol. The fourth-order valence-corrected chi connectivity index (χ4v) is 4.06. The Hall–Kier alpha value is 0.277. The molecule has 1 rings (SSSR count). The van der Waals surface area contributed by atoms with Gasteiger partial charge in [-0.05, 0) is 57.5 Å². The van der Waals surface area contributed by atoms with E-state index in [9.17, 15) is 0 Å². The van der Waals surface area contributed by atoms with Crippen molar-refractivity contribution >= 4 is 30.4 Å². The molecule has 0 unspecified atom stereocenters. The van der Waals surface area contributed by atoms with Crippen molar-refractivity contribution < 1.29 is 18.9 Å². The Labute approximate surface area is 175 Å². The van der Waals surface area contributed by atoms with Crippen LogP contribution in [0.4, 0.5) is 0 Å². The fourth-order valence-electron chi connectivity index (χ4n) is 3.14. The van der Waals surface area contributed by atoms with Crippen LogP contribution >= 0.6 is 19.8 Å². The van der Waals surface area contributed by atoms with Crippen molar-refractivity contribution in [3.05, 3.63) is 28.8 Å². The smallest absolute Gasteiger partial charge is 0.364 e. The molecule has 0 heterocycles. The van der Waals surface area contributed by atoms with Crippen LogP contribution in [-0.2, 0) is 19.3 Å². The van der Waals surface area contributed by atoms with Crippen LogP contribution < -0.4 is 24.2 Å². The summed E-state index contributed by atoms with van der Waals surface area (Å²) in [7, 11) is 1.00. The van der Waals surface area contributed by atoms with Gasteiger partial charge in [-0.15, -0.1) is 0 Å². The molecule has 136 valence electrons. The summed E-state index contributed by atoms with van der Waals surface area (Å²) in [6.07, 6.45) is 3.25. The third-order valence-corrected chi connectivity index (χ3v) is 4.79. The van der Waals surface area contributed by atoms with E-state index >= 15 is 0 Å². The maximum absolute atomic E-state index is 5.91. The second-order valence-corrected chi connectivity index (χ2v) is 12.0. The molecule has 0 saturated heterocycles. The largest absolute Gasteiger partial charge is 1.00 e. The minimum absolute atomic E-state index is 0. The monoisotopic (exact) mass is 372 g/mol. The summed E-state index contributed by atoms with van der Waals surface area (Å²) in [5.41, 5.74) is 5.15. The quantitative estimate of drug-likeness (QED) is 0.427. The number of hydrogen-bond donors (Lipinski definition) is 0. The molecule has 0 nitrogen and oxygen atoms in total. The zero-order valence-electron chi connectivity index (χ0n) is 18.1. The maximum Gasteiger partial charge on any atom is 1.00 e. The number of rotatable bonds is 4. The minimum atomic E-state index is 0. The Bertz CT molecular complexity index is 547. The molecule has 0 aromatic heterocycles. The van der Waals surface area contributed by atoms with Gasteiger partial charge in [0.25, 0.3) is 0 Å². The van der Waals surface area contributed by atoms with Gasteiger partial charge in [-0.25, -0.2) is 0 Å². The summed E-state index contributed by atoms with van der Waals surface area (Å²) in [5.74, 6) is 0. The molecule has 0 radical (unpaired) electrons. The van der Waals surface area contributed by atoms with E-state index in [1.165, 1.54) is 22.0 Å². The Morgan fingerprint density at radius 3 is 1.40 bits per heavy atom. The van der Waals surface area contributed by atoms with Gasteiger partial charge in [-0.2, -0.15) is 0 Å². The first-order chi connectivity index (χ1) is 10.7. The zero-order valence-corrected chi connectivity index (χ0v) is 19.8. The van der Waals surface area contributed by atoms with Gasteiger partial charge in [0, 0.05) is 0 Å². The van der Waals surface area contributed by atoms with Crippen LogP contribution in [0.2, 0.25) is 0 Å². The van der Waals surface area contributed by atoms with E-state index in [1.54, 1.807) is 0 Å². The number of benzene rings is 1. The molecule has 0 fully saturated rings. The van der Waals surface area contributed by atoms with E-state index in [4.69, 9.17) is 11.6 Å². The SMILES string of the molecule is CC(C)(C)Cc1cc(CC(C)(C)C)c(P=[C-]Cl)c(CC(C)(C)C)c1.[Li+]. The minimum Gasteiger partial charge on any atom is -0.364 e. The first-order valence-electron chi connectivity index (χ1n) is 8.91. The molecule has 1 aromatic carbocycles. The molecule has 0 amide bonds. The Morgan fingerprint density at radius 1 is 0.760 bits per heavy atom. The predicted octanol–water partition coefficient (Wildman–Crippen LogP) is 3.90. The van der Waals surface area contributed by atoms with E-state index in [0.29, 0.717) is 5.41 Å².